The predicted molar refractivity (Wildman–Crippen MR) is 80.5 cm³/mol. The Morgan fingerprint density at radius 1 is 1.14 bits per heavy atom. The number of rotatable bonds is 5. The highest BCUT2D eigenvalue weighted by Crippen LogP contribution is 2.19. The predicted octanol–water partition coefficient (Wildman–Crippen LogP) is 2.88. The maximum atomic E-state index is 13.9. The van der Waals surface area contributed by atoms with E-state index in [-0.39, 0.29) is 11.5 Å². The molecule has 3 rings (SSSR count). The molecule has 22 heavy (non-hydrogen) atoms. The van der Waals surface area contributed by atoms with Crippen molar-refractivity contribution in [2.75, 3.05) is 0 Å². The van der Waals surface area contributed by atoms with Crippen LogP contribution >= 0.6 is 0 Å². The molecule has 6 heteroatoms. The van der Waals surface area contributed by atoms with Crippen molar-refractivity contribution in [1.29, 1.82) is 0 Å². The first-order valence-electron chi connectivity index (χ1n) is 7.21. The maximum Gasteiger partial charge on any atom is 0.162 e. The van der Waals surface area contributed by atoms with Crippen molar-refractivity contribution < 1.29 is 4.39 Å². The topological polar surface area (TPSA) is 56.5 Å². The molecular weight excluding hydrogens is 281 g/mol. The summed E-state index contributed by atoms with van der Waals surface area (Å²) in [4.78, 5) is 8.32. The highest BCUT2D eigenvalue weighted by Gasteiger charge is 2.14. The van der Waals surface area contributed by atoms with Gasteiger partial charge in [-0.05, 0) is 30.2 Å². The van der Waals surface area contributed by atoms with E-state index < -0.39 is 0 Å². The first kappa shape index (κ1) is 14.3. The highest BCUT2D eigenvalue weighted by molar-refractivity contribution is 5.50. The van der Waals surface area contributed by atoms with Gasteiger partial charge in [0, 0.05) is 24.8 Å². The Kier molecular flexibility index (Phi) is 4.18. The summed E-state index contributed by atoms with van der Waals surface area (Å²) in [5.41, 5.74) is 2.27. The van der Waals surface area contributed by atoms with E-state index in [0.29, 0.717) is 12.4 Å². The van der Waals surface area contributed by atoms with Crippen LogP contribution in [0.3, 0.4) is 0 Å². The van der Waals surface area contributed by atoms with Crippen LogP contribution < -0.4 is 0 Å². The average molecular weight is 297 g/mol. The van der Waals surface area contributed by atoms with Crippen molar-refractivity contribution in [3.05, 3.63) is 60.1 Å². The minimum atomic E-state index is -0.386. The third kappa shape index (κ3) is 2.86. The van der Waals surface area contributed by atoms with Crippen LogP contribution in [0.4, 0.5) is 4.39 Å². The van der Waals surface area contributed by atoms with E-state index in [2.05, 4.69) is 27.1 Å². The molecule has 112 valence electrons. The molecule has 0 atom stereocenters. The van der Waals surface area contributed by atoms with E-state index in [0.717, 1.165) is 24.1 Å². The molecule has 0 N–H and O–H groups in total. The van der Waals surface area contributed by atoms with Gasteiger partial charge in [-0.2, -0.15) is 10.2 Å². The number of pyridine rings is 1. The molecule has 0 unspecified atom stereocenters. The van der Waals surface area contributed by atoms with E-state index >= 15 is 0 Å². The van der Waals surface area contributed by atoms with Crippen molar-refractivity contribution in [2.45, 2.75) is 26.3 Å². The molecule has 3 heterocycles. The average Bonchev–Trinajstić information content (AvgIpc) is 2.98. The Labute approximate surface area is 127 Å². The van der Waals surface area contributed by atoms with Crippen LogP contribution in [0.25, 0.3) is 11.5 Å². The van der Waals surface area contributed by atoms with Crippen LogP contribution in [0.5, 0.6) is 0 Å². The van der Waals surface area contributed by atoms with Gasteiger partial charge in [0.05, 0.1) is 12.2 Å². The van der Waals surface area contributed by atoms with Gasteiger partial charge in [-0.25, -0.2) is 14.4 Å². The fourth-order valence-corrected chi connectivity index (χ4v) is 2.38. The molecule has 0 saturated carbocycles. The molecule has 5 nitrogen and oxygen atoms in total. The third-order valence-corrected chi connectivity index (χ3v) is 3.42. The van der Waals surface area contributed by atoms with Gasteiger partial charge in [0.25, 0.3) is 0 Å². The lowest BCUT2D eigenvalue weighted by Crippen LogP contribution is -2.08. The van der Waals surface area contributed by atoms with E-state index in [1.54, 1.807) is 30.9 Å². The largest absolute Gasteiger partial charge is 0.324 e. The molecule has 0 aliphatic carbocycles. The van der Waals surface area contributed by atoms with Crippen LogP contribution in [0.1, 0.15) is 24.6 Å². The molecule has 0 radical (unpaired) electrons. The first-order valence-corrected chi connectivity index (χ1v) is 7.21. The quantitative estimate of drug-likeness (QED) is 0.726. The Bertz CT molecular complexity index is 768. The number of nitrogens with zero attached hydrogens (tertiary/aromatic N) is 5. The highest BCUT2D eigenvalue weighted by atomic mass is 19.1. The van der Waals surface area contributed by atoms with Crippen LogP contribution in [-0.2, 0) is 13.0 Å². The number of aryl methyl sites for hydroxylation is 1. The summed E-state index contributed by atoms with van der Waals surface area (Å²) in [5.74, 6) is 0.106. The van der Waals surface area contributed by atoms with E-state index in [1.807, 2.05) is 10.6 Å². The standard InChI is InChI=1S/C16H16FN5/c1-2-4-12-6-8-20-21-14(12)11-22-10-9-19-16(22)15-13(17)5-3-7-18-15/h3,5-10H,2,4,11H2,1H3. The maximum absolute atomic E-state index is 13.9. The zero-order chi connectivity index (χ0) is 15.4. The van der Waals surface area contributed by atoms with Crippen LogP contribution in [0.15, 0.2) is 43.0 Å². The minimum absolute atomic E-state index is 0.244. The number of halogens is 1. The summed E-state index contributed by atoms with van der Waals surface area (Å²) in [7, 11) is 0. The fourth-order valence-electron chi connectivity index (χ4n) is 2.38. The lowest BCUT2D eigenvalue weighted by molar-refractivity contribution is 0.620. The van der Waals surface area contributed by atoms with E-state index in [9.17, 15) is 4.39 Å². The molecule has 3 aromatic heterocycles. The van der Waals surface area contributed by atoms with Crippen molar-refractivity contribution in [3.63, 3.8) is 0 Å². The molecule has 0 saturated heterocycles. The molecule has 0 fully saturated rings. The Hall–Kier alpha value is -2.63. The van der Waals surface area contributed by atoms with Crippen molar-refractivity contribution in [2.24, 2.45) is 0 Å². The zero-order valence-electron chi connectivity index (χ0n) is 12.3. The zero-order valence-corrected chi connectivity index (χ0v) is 12.3. The number of imidazole rings is 1. The number of aromatic nitrogens is 5. The summed E-state index contributed by atoms with van der Waals surface area (Å²) in [6, 6.07) is 4.92. The molecule has 0 bridgehead atoms. The molecule has 0 spiro atoms. The Morgan fingerprint density at radius 3 is 2.86 bits per heavy atom. The molecule has 0 aromatic carbocycles. The van der Waals surface area contributed by atoms with Gasteiger partial charge in [0.1, 0.15) is 5.69 Å². The summed E-state index contributed by atoms with van der Waals surface area (Å²) < 4.78 is 15.8. The van der Waals surface area contributed by atoms with Crippen LogP contribution in [0.2, 0.25) is 0 Å². The van der Waals surface area contributed by atoms with E-state index in [4.69, 9.17) is 0 Å². The van der Waals surface area contributed by atoms with Crippen LogP contribution in [0, 0.1) is 5.82 Å². The number of hydrogen-bond donors (Lipinski definition) is 0. The number of hydrogen-bond acceptors (Lipinski definition) is 4. The first-order chi connectivity index (χ1) is 10.8. The second-order valence-electron chi connectivity index (χ2n) is 4.97. The molecule has 0 aliphatic rings. The third-order valence-electron chi connectivity index (χ3n) is 3.42. The fraction of sp³-hybridized carbons (Fsp3) is 0.250. The van der Waals surface area contributed by atoms with Crippen LogP contribution in [-0.4, -0.2) is 24.7 Å². The van der Waals surface area contributed by atoms with Gasteiger partial charge >= 0.3 is 0 Å². The van der Waals surface area contributed by atoms with Gasteiger partial charge in [-0.3, -0.25) is 0 Å². The second kappa shape index (κ2) is 6.43. The molecule has 3 aromatic rings. The lowest BCUT2D eigenvalue weighted by atomic mass is 10.1. The SMILES string of the molecule is CCCc1ccnnc1Cn1ccnc1-c1ncccc1F. The second-order valence-corrected chi connectivity index (χ2v) is 4.97. The lowest BCUT2D eigenvalue weighted by Gasteiger charge is -2.10. The van der Waals surface area contributed by atoms with Gasteiger partial charge in [-0.1, -0.05) is 13.3 Å². The molecular formula is C16H16FN5. The van der Waals surface area contributed by atoms with Gasteiger partial charge in [-0.15, -0.1) is 0 Å². The summed E-state index contributed by atoms with van der Waals surface area (Å²) in [5, 5.41) is 8.17. The Balaban J connectivity index is 1.96. The Morgan fingerprint density at radius 2 is 2.05 bits per heavy atom. The smallest absolute Gasteiger partial charge is 0.162 e. The monoisotopic (exact) mass is 297 g/mol. The van der Waals surface area contributed by atoms with Crippen molar-refractivity contribution >= 4 is 0 Å². The minimum Gasteiger partial charge on any atom is -0.324 e. The summed E-state index contributed by atoms with van der Waals surface area (Å²) in [6.07, 6.45) is 8.66. The summed E-state index contributed by atoms with van der Waals surface area (Å²) >= 11 is 0. The van der Waals surface area contributed by atoms with Crippen molar-refractivity contribution in [1.82, 2.24) is 24.7 Å². The van der Waals surface area contributed by atoms with Crippen molar-refractivity contribution in [3.8, 4) is 11.5 Å². The normalized spacial score (nSPS) is 10.8. The van der Waals surface area contributed by atoms with Gasteiger partial charge < -0.3 is 4.57 Å². The molecule has 0 amide bonds. The van der Waals surface area contributed by atoms with Gasteiger partial charge in [0.2, 0.25) is 0 Å². The molecule has 0 aliphatic heterocycles. The van der Waals surface area contributed by atoms with Gasteiger partial charge in [0.15, 0.2) is 11.6 Å². The summed E-state index contributed by atoms with van der Waals surface area (Å²) in [6.45, 7) is 2.62. The van der Waals surface area contributed by atoms with E-state index in [1.165, 1.54) is 6.07 Å².